The molecule has 0 aliphatic heterocycles. The molecule has 0 bridgehead atoms. The lowest BCUT2D eigenvalue weighted by molar-refractivity contribution is -0.138. The summed E-state index contributed by atoms with van der Waals surface area (Å²) < 4.78 is -0.846. The molecule has 0 amide bonds. The number of rotatable bonds is 8. The maximum atomic E-state index is 11.3. The molecular weight excluding hydrogens is 372 g/mol. The van der Waals surface area contributed by atoms with Crippen LogP contribution in [0.15, 0.2) is 46.6 Å². The molecule has 152 valence electrons. The monoisotopic (exact) mass is 402 g/mol. The van der Waals surface area contributed by atoms with Gasteiger partial charge in [-0.05, 0) is 36.8 Å². The van der Waals surface area contributed by atoms with Gasteiger partial charge in [0.05, 0.1) is 12.5 Å². The summed E-state index contributed by atoms with van der Waals surface area (Å²) in [6.07, 6.45) is 0. The number of nitrogens with zero attached hydrogens (tertiary/aromatic N) is 3. The van der Waals surface area contributed by atoms with Gasteiger partial charge in [0.2, 0.25) is 0 Å². The van der Waals surface area contributed by atoms with Gasteiger partial charge in [0, 0.05) is 24.5 Å². The molecule has 0 aliphatic rings. The fourth-order valence-corrected chi connectivity index (χ4v) is 3.45. The first-order valence-corrected chi connectivity index (χ1v) is 9.93. The van der Waals surface area contributed by atoms with Crippen molar-refractivity contribution in [1.82, 2.24) is 0 Å². The van der Waals surface area contributed by atoms with Crippen LogP contribution in [-0.2, 0) is 4.79 Å². The van der Waals surface area contributed by atoms with E-state index < -0.39 is 10.7 Å². The van der Waals surface area contributed by atoms with Crippen LogP contribution >= 0.6 is 11.8 Å². The molecule has 0 saturated carbocycles. The van der Waals surface area contributed by atoms with E-state index in [9.17, 15) is 9.90 Å². The third kappa shape index (κ3) is 6.07. The van der Waals surface area contributed by atoms with Crippen molar-refractivity contribution in [1.29, 1.82) is 0 Å². The highest BCUT2D eigenvalue weighted by molar-refractivity contribution is 8.01. The van der Waals surface area contributed by atoms with Crippen LogP contribution in [0.25, 0.3) is 10.8 Å². The Balaban J connectivity index is 0.000000892. The van der Waals surface area contributed by atoms with Gasteiger partial charge < -0.3 is 15.7 Å². The number of benzene rings is 2. The number of anilines is 1. The van der Waals surface area contributed by atoms with Crippen molar-refractivity contribution < 1.29 is 9.90 Å². The van der Waals surface area contributed by atoms with Crippen molar-refractivity contribution in [3.8, 4) is 0 Å². The van der Waals surface area contributed by atoms with Gasteiger partial charge in [-0.2, -0.15) is 10.2 Å². The van der Waals surface area contributed by atoms with Gasteiger partial charge in [-0.15, -0.1) is 11.8 Å². The molecule has 0 saturated heterocycles. The molecule has 0 spiro atoms. The maximum Gasteiger partial charge on any atom is 0.319 e. The number of carboxylic acids is 1. The van der Waals surface area contributed by atoms with Gasteiger partial charge in [0.15, 0.2) is 0 Å². The van der Waals surface area contributed by atoms with Gasteiger partial charge in [-0.1, -0.05) is 44.2 Å². The fraction of sp³-hybridized carbons (Fsp3) is 0.381. The molecule has 0 atom stereocenters. The van der Waals surface area contributed by atoms with E-state index in [1.165, 1.54) is 22.7 Å². The Morgan fingerprint density at radius 3 is 2.21 bits per heavy atom. The first kappa shape index (κ1) is 23.7. The zero-order valence-electron chi connectivity index (χ0n) is 17.1. The summed E-state index contributed by atoms with van der Waals surface area (Å²) in [5, 5.41) is 17.7. The summed E-state index contributed by atoms with van der Waals surface area (Å²) in [7, 11) is 0. The van der Waals surface area contributed by atoms with E-state index in [-0.39, 0.29) is 0 Å². The molecule has 2 aromatic rings. The molecule has 0 aromatic heterocycles. The van der Waals surface area contributed by atoms with Crippen LogP contribution in [0.5, 0.6) is 0 Å². The van der Waals surface area contributed by atoms with Crippen LogP contribution in [0.2, 0.25) is 0 Å². The Labute approximate surface area is 171 Å². The van der Waals surface area contributed by atoms with Crippen molar-refractivity contribution in [2.75, 3.05) is 17.4 Å². The summed E-state index contributed by atoms with van der Waals surface area (Å²) in [6.45, 7) is 14.2. The molecule has 6 nitrogen and oxygen atoms in total. The van der Waals surface area contributed by atoms with E-state index in [1.54, 1.807) is 13.8 Å². The van der Waals surface area contributed by atoms with Crippen LogP contribution in [0.4, 0.5) is 5.69 Å². The standard InChI is InChI=1S/C19H26N2O2S.C2H4N2/c1-13(2)14-9-10-17(16-8-6-5-7-15(14)16)21(11-20)12-24-19(3,4)18(22)23;1-3-4-2/h5-10,13H,11-12,20H2,1-4H3,(H,22,23);1-2H2. The largest absolute Gasteiger partial charge is 0.480 e. The van der Waals surface area contributed by atoms with E-state index in [1.807, 2.05) is 17.0 Å². The minimum atomic E-state index is -0.846. The Kier molecular flexibility index (Phi) is 9.15. The van der Waals surface area contributed by atoms with E-state index >= 15 is 0 Å². The highest BCUT2D eigenvalue weighted by Crippen LogP contribution is 2.34. The van der Waals surface area contributed by atoms with Gasteiger partial charge in [-0.3, -0.25) is 4.79 Å². The Hall–Kier alpha value is -2.38. The van der Waals surface area contributed by atoms with Crippen molar-refractivity contribution in [2.24, 2.45) is 15.9 Å². The lowest BCUT2D eigenvalue weighted by atomic mass is 9.95. The molecule has 0 radical (unpaired) electrons. The van der Waals surface area contributed by atoms with Gasteiger partial charge in [0.25, 0.3) is 0 Å². The predicted molar refractivity (Wildman–Crippen MR) is 123 cm³/mol. The van der Waals surface area contributed by atoms with Gasteiger partial charge >= 0.3 is 5.97 Å². The van der Waals surface area contributed by atoms with Crippen LogP contribution in [0.3, 0.4) is 0 Å². The van der Waals surface area contributed by atoms with E-state index in [4.69, 9.17) is 5.73 Å². The number of hydrogen-bond donors (Lipinski definition) is 2. The summed E-state index contributed by atoms with van der Waals surface area (Å²) in [6, 6.07) is 12.6. The summed E-state index contributed by atoms with van der Waals surface area (Å²) in [4.78, 5) is 13.3. The van der Waals surface area contributed by atoms with Gasteiger partial charge in [-0.25, -0.2) is 0 Å². The van der Waals surface area contributed by atoms with Crippen molar-refractivity contribution >= 4 is 47.6 Å². The first-order valence-electron chi connectivity index (χ1n) is 8.95. The molecule has 3 N–H and O–H groups in total. The number of thioether (sulfide) groups is 1. The Morgan fingerprint density at radius 2 is 1.75 bits per heavy atom. The Morgan fingerprint density at radius 1 is 1.18 bits per heavy atom. The van der Waals surface area contributed by atoms with E-state index in [0.29, 0.717) is 18.5 Å². The molecule has 0 unspecified atom stereocenters. The number of hydrogen-bond acceptors (Lipinski definition) is 6. The third-order valence-electron chi connectivity index (χ3n) is 4.31. The minimum absolute atomic E-state index is 0.341. The van der Waals surface area contributed by atoms with E-state index in [0.717, 1.165) is 11.1 Å². The van der Waals surface area contributed by atoms with Crippen molar-refractivity contribution in [3.05, 3.63) is 42.0 Å². The van der Waals surface area contributed by atoms with Crippen LogP contribution in [0.1, 0.15) is 39.2 Å². The molecule has 0 aliphatic carbocycles. The lowest BCUT2D eigenvalue weighted by Gasteiger charge is -2.28. The second kappa shape index (κ2) is 10.8. The second-order valence-electron chi connectivity index (χ2n) is 6.97. The number of carboxylic acid groups (broad SMARTS) is 1. The average molecular weight is 403 g/mol. The fourth-order valence-electron chi connectivity index (χ4n) is 2.61. The van der Waals surface area contributed by atoms with Crippen molar-refractivity contribution in [2.45, 2.75) is 38.4 Å². The van der Waals surface area contributed by atoms with Crippen LogP contribution in [0, 0.1) is 0 Å². The summed E-state index contributed by atoms with van der Waals surface area (Å²) in [5.41, 5.74) is 8.32. The Bertz CT molecular complexity index is 815. The zero-order chi connectivity index (χ0) is 21.3. The quantitative estimate of drug-likeness (QED) is 0.384. The lowest BCUT2D eigenvalue weighted by Crippen LogP contribution is -2.35. The maximum absolute atomic E-state index is 11.3. The van der Waals surface area contributed by atoms with Crippen molar-refractivity contribution in [3.63, 3.8) is 0 Å². The first-order chi connectivity index (χ1) is 13.2. The van der Waals surface area contributed by atoms with E-state index in [2.05, 4.69) is 61.8 Å². The topological polar surface area (TPSA) is 91.3 Å². The molecule has 2 rings (SSSR count). The number of fused-ring (bicyclic) bond motifs is 1. The predicted octanol–water partition coefficient (Wildman–Crippen LogP) is 4.54. The number of aliphatic carboxylic acids is 1. The molecular formula is C21H30N4O2S. The molecule has 28 heavy (non-hydrogen) atoms. The smallest absolute Gasteiger partial charge is 0.319 e. The highest BCUT2D eigenvalue weighted by atomic mass is 32.2. The highest BCUT2D eigenvalue weighted by Gasteiger charge is 2.28. The minimum Gasteiger partial charge on any atom is -0.480 e. The van der Waals surface area contributed by atoms with Crippen LogP contribution < -0.4 is 10.6 Å². The van der Waals surface area contributed by atoms with Gasteiger partial charge in [0.1, 0.15) is 4.75 Å². The third-order valence-corrected chi connectivity index (χ3v) is 5.65. The SMILES string of the molecule is C=NN=C.CC(C)c1ccc(N(CN)CSC(C)(C)C(=O)O)c2ccccc12. The normalized spacial score (nSPS) is 10.9. The average Bonchev–Trinajstić information content (AvgIpc) is 2.68. The zero-order valence-corrected chi connectivity index (χ0v) is 17.9. The van der Waals surface area contributed by atoms with Crippen LogP contribution in [-0.4, -0.2) is 41.8 Å². The summed E-state index contributed by atoms with van der Waals surface area (Å²) >= 11 is 1.38. The second-order valence-corrected chi connectivity index (χ2v) is 8.54. The molecule has 0 fully saturated rings. The number of carbonyl (C=O) groups is 1. The molecule has 2 aromatic carbocycles. The number of nitrogens with two attached hydrogens (primary N) is 1. The molecule has 7 heteroatoms. The summed E-state index contributed by atoms with van der Waals surface area (Å²) in [5.74, 6) is 0.154. The molecule has 0 heterocycles.